The van der Waals surface area contributed by atoms with E-state index in [4.69, 9.17) is 34.3 Å². The topological polar surface area (TPSA) is 88.4 Å². The molecular formula is C31H37ClN4O2S. The fourth-order valence-corrected chi connectivity index (χ4v) is 5.81. The highest BCUT2D eigenvalue weighted by Gasteiger charge is 2.43. The Kier molecular flexibility index (Phi) is 9.62. The highest BCUT2D eigenvalue weighted by Crippen LogP contribution is 2.38. The van der Waals surface area contributed by atoms with E-state index < -0.39 is 5.91 Å². The van der Waals surface area contributed by atoms with E-state index in [2.05, 4.69) is 54.1 Å². The van der Waals surface area contributed by atoms with Gasteiger partial charge < -0.3 is 26.4 Å². The second-order valence-corrected chi connectivity index (χ2v) is 11.5. The molecule has 3 aromatic rings. The normalized spacial score (nSPS) is 18.6. The molecule has 39 heavy (non-hydrogen) atoms. The lowest BCUT2D eigenvalue weighted by Crippen LogP contribution is -2.59. The first-order chi connectivity index (χ1) is 18.7. The standard InChI is InChI=1S/C31H37ClN4O2S/c1-31(2)26-16-23(29(33)37)12-11-22(26)17-27(38-3)28(31)34-19-25(15-20-7-5-4-6-8-20)36-30(39)35-18-21-9-13-24(32)14-10-21/h4-14,16,25,27-28,34H,15,17-19H2,1-3H3,(H2,33,37)(H2,35,36,39)/t25?,27-,28+/m1/s1. The van der Waals surface area contributed by atoms with Gasteiger partial charge in [0.1, 0.15) is 0 Å². The van der Waals surface area contributed by atoms with Crippen molar-refractivity contribution in [1.29, 1.82) is 0 Å². The van der Waals surface area contributed by atoms with Crippen LogP contribution in [0, 0.1) is 0 Å². The molecule has 6 nitrogen and oxygen atoms in total. The van der Waals surface area contributed by atoms with Gasteiger partial charge in [0.15, 0.2) is 5.11 Å². The lowest BCUT2D eigenvalue weighted by Gasteiger charge is -2.46. The van der Waals surface area contributed by atoms with Crippen molar-refractivity contribution in [3.8, 4) is 0 Å². The molecule has 0 fully saturated rings. The minimum atomic E-state index is -0.418. The van der Waals surface area contributed by atoms with Crippen molar-refractivity contribution in [3.05, 3.63) is 106 Å². The summed E-state index contributed by atoms with van der Waals surface area (Å²) >= 11 is 11.7. The fraction of sp³-hybridized carbons (Fsp3) is 0.355. The van der Waals surface area contributed by atoms with E-state index >= 15 is 0 Å². The van der Waals surface area contributed by atoms with Crippen molar-refractivity contribution in [1.82, 2.24) is 16.0 Å². The molecule has 206 valence electrons. The molecule has 1 amide bonds. The minimum absolute atomic E-state index is 0.00815. The maximum Gasteiger partial charge on any atom is 0.248 e. The van der Waals surface area contributed by atoms with Crippen LogP contribution in [0.2, 0.25) is 5.02 Å². The Morgan fingerprint density at radius 2 is 1.82 bits per heavy atom. The van der Waals surface area contributed by atoms with Gasteiger partial charge in [0.2, 0.25) is 5.91 Å². The van der Waals surface area contributed by atoms with Crippen molar-refractivity contribution in [2.45, 2.75) is 56.8 Å². The number of hydrogen-bond donors (Lipinski definition) is 4. The largest absolute Gasteiger partial charge is 0.379 e. The van der Waals surface area contributed by atoms with Crippen molar-refractivity contribution in [2.24, 2.45) is 5.73 Å². The Hall–Kier alpha value is -2.97. The number of methoxy groups -OCH3 is 1. The van der Waals surface area contributed by atoms with E-state index in [1.54, 1.807) is 13.2 Å². The van der Waals surface area contributed by atoms with Gasteiger partial charge in [0.05, 0.1) is 6.10 Å². The predicted molar refractivity (Wildman–Crippen MR) is 162 cm³/mol. The molecule has 0 heterocycles. The number of hydrogen-bond acceptors (Lipinski definition) is 4. The van der Waals surface area contributed by atoms with Crippen molar-refractivity contribution >= 4 is 34.8 Å². The van der Waals surface area contributed by atoms with E-state index in [-0.39, 0.29) is 23.6 Å². The Morgan fingerprint density at radius 1 is 1.10 bits per heavy atom. The molecule has 0 radical (unpaired) electrons. The molecule has 1 aliphatic carbocycles. The molecule has 0 aromatic heterocycles. The van der Waals surface area contributed by atoms with Gasteiger partial charge in [-0.05, 0) is 65.2 Å². The minimum Gasteiger partial charge on any atom is -0.379 e. The van der Waals surface area contributed by atoms with E-state index in [0.717, 1.165) is 24.0 Å². The third-order valence-corrected chi connectivity index (χ3v) is 8.09. The summed E-state index contributed by atoms with van der Waals surface area (Å²) < 4.78 is 5.98. The highest BCUT2D eigenvalue weighted by atomic mass is 35.5. The zero-order valence-electron chi connectivity index (χ0n) is 22.7. The van der Waals surface area contributed by atoms with Crippen LogP contribution in [0.15, 0.2) is 72.8 Å². The number of fused-ring (bicyclic) bond motifs is 1. The molecule has 8 heteroatoms. The molecule has 0 spiro atoms. The van der Waals surface area contributed by atoms with E-state index in [1.807, 2.05) is 42.5 Å². The highest BCUT2D eigenvalue weighted by molar-refractivity contribution is 7.80. The average molecular weight is 565 g/mol. The van der Waals surface area contributed by atoms with E-state index in [0.29, 0.717) is 28.8 Å². The number of ether oxygens (including phenoxy) is 1. The Balaban J connectivity index is 1.49. The molecule has 0 saturated carbocycles. The van der Waals surface area contributed by atoms with Crippen LogP contribution >= 0.6 is 23.8 Å². The van der Waals surface area contributed by atoms with Crippen molar-refractivity contribution in [3.63, 3.8) is 0 Å². The second kappa shape index (κ2) is 12.9. The van der Waals surface area contributed by atoms with Crippen LogP contribution in [0.4, 0.5) is 0 Å². The van der Waals surface area contributed by atoms with Crippen molar-refractivity contribution < 1.29 is 9.53 Å². The lowest BCUT2D eigenvalue weighted by atomic mass is 9.67. The molecule has 0 bridgehead atoms. The summed E-state index contributed by atoms with van der Waals surface area (Å²) in [7, 11) is 1.76. The molecule has 4 rings (SSSR count). The Bertz CT molecular complexity index is 1280. The van der Waals surface area contributed by atoms with Crippen LogP contribution < -0.4 is 21.7 Å². The summed E-state index contributed by atoms with van der Waals surface area (Å²) in [6.07, 6.45) is 1.52. The number of nitrogens with two attached hydrogens (primary N) is 1. The van der Waals surface area contributed by atoms with Gasteiger partial charge in [-0.1, -0.05) is 74.0 Å². The third kappa shape index (κ3) is 7.37. The second-order valence-electron chi connectivity index (χ2n) is 10.7. The van der Waals surface area contributed by atoms with E-state index in [9.17, 15) is 4.79 Å². The third-order valence-electron chi connectivity index (χ3n) is 7.57. The Labute approximate surface area is 241 Å². The van der Waals surface area contributed by atoms with Crippen LogP contribution in [-0.2, 0) is 29.5 Å². The summed E-state index contributed by atoms with van der Waals surface area (Å²) in [6.45, 7) is 5.65. The first kappa shape index (κ1) is 29.0. The molecule has 3 aromatic carbocycles. The predicted octanol–water partition coefficient (Wildman–Crippen LogP) is 4.52. The first-order valence-electron chi connectivity index (χ1n) is 13.2. The van der Waals surface area contributed by atoms with Crippen LogP contribution in [0.25, 0.3) is 0 Å². The van der Waals surface area contributed by atoms with E-state index in [1.165, 1.54) is 11.1 Å². The summed E-state index contributed by atoms with van der Waals surface area (Å²) in [5.41, 5.74) is 10.4. The van der Waals surface area contributed by atoms with Crippen LogP contribution in [0.5, 0.6) is 0 Å². The number of thiocarbonyl (C=S) groups is 1. The van der Waals surface area contributed by atoms with Crippen LogP contribution in [-0.4, -0.2) is 42.9 Å². The lowest BCUT2D eigenvalue weighted by molar-refractivity contribution is 0.0349. The molecule has 0 aliphatic heterocycles. The monoisotopic (exact) mass is 564 g/mol. The van der Waals surface area contributed by atoms with Gasteiger partial charge >= 0.3 is 0 Å². The van der Waals surface area contributed by atoms with Gasteiger partial charge in [-0.3, -0.25) is 4.79 Å². The van der Waals surface area contributed by atoms with Gasteiger partial charge in [0, 0.05) is 54.7 Å². The maximum atomic E-state index is 11.9. The summed E-state index contributed by atoms with van der Waals surface area (Å²) in [5, 5.41) is 11.9. The molecular weight excluding hydrogens is 528 g/mol. The smallest absolute Gasteiger partial charge is 0.248 e. The average Bonchev–Trinajstić information content (AvgIpc) is 2.92. The number of carbonyl (C=O) groups excluding carboxylic acids is 1. The van der Waals surface area contributed by atoms with Crippen LogP contribution in [0.3, 0.4) is 0 Å². The van der Waals surface area contributed by atoms with Gasteiger partial charge in [-0.15, -0.1) is 0 Å². The number of amides is 1. The van der Waals surface area contributed by atoms with Crippen molar-refractivity contribution in [2.75, 3.05) is 13.7 Å². The molecule has 1 aliphatic rings. The fourth-order valence-electron chi connectivity index (χ4n) is 5.44. The number of primary amides is 1. The molecule has 1 unspecified atom stereocenters. The molecule has 5 N–H and O–H groups in total. The SMILES string of the molecule is CO[C@@H]1Cc2ccc(C(N)=O)cc2C(C)(C)[C@H]1NCC(Cc1ccccc1)NC(=S)NCc1ccc(Cl)cc1. The number of rotatable bonds is 10. The number of nitrogens with one attached hydrogen (secondary N) is 3. The number of benzene rings is 3. The van der Waals surface area contributed by atoms with Gasteiger partial charge in [-0.25, -0.2) is 0 Å². The first-order valence-corrected chi connectivity index (χ1v) is 14.0. The maximum absolute atomic E-state index is 11.9. The summed E-state index contributed by atoms with van der Waals surface area (Å²) in [5.74, 6) is -0.418. The Morgan fingerprint density at radius 3 is 2.49 bits per heavy atom. The zero-order valence-corrected chi connectivity index (χ0v) is 24.2. The quantitative estimate of drug-likeness (QED) is 0.271. The number of carbonyl (C=O) groups is 1. The van der Waals surface area contributed by atoms with Gasteiger partial charge in [-0.2, -0.15) is 0 Å². The molecule has 3 atom stereocenters. The summed E-state index contributed by atoms with van der Waals surface area (Å²) in [6, 6.07) is 23.9. The van der Waals surface area contributed by atoms with Crippen LogP contribution in [0.1, 0.15) is 46.5 Å². The zero-order chi connectivity index (χ0) is 28.0. The summed E-state index contributed by atoms with van der Waals surface area (Å²) in [4.78, 5) is 11.9. The number of halogens is 1. The molecule has 0 saturated heterocycles. The van der Waals surface area contributed by atoms with Gasteiger partial charge in [0.25, 0.3) is 0 Å².